The maximum Gasteiger partial charge on any atom is 0.416 e. The molecule has 12 heteroatoms. The number of halogens is 5. The summed E-state index contributed by atoms with van der Waals surface area (Å²) in [4.78, 5) is 39.0. The van der Waals surface area contributed by atoms with Crippen LogP contribution in [0.3, 0.4) is 0 Å². The number of amides is 1. The molecule has 248 valence electrons. The van der Waals surface area contributed by atoms with Crippen LogP contribution >= 0.6 is 0 Å². The molecule has 1 aliphatic rings. The van der Waals surface area contributed by atoms with E-state index in [9.17, 15) is 37.1 Å². The summed E-state index contributed by atoms with van der Waals surface area (Å²) in [6, 6.07) is 3.34. The number of nitrogens with zero attached hydrogens (tertiary/aromatic N) is 1. The molecule has 0 aliphatic carbocycles. The second kappa shape index (κ2) is 13.7. The van der Waals surface area contributed by atoms with Crippen LogP contribution in [0.25, 0.3) is 11.1 Å². The zero-order chi connectivity index (χ0) is 34.1. The number of hydrogen-bond acceptors (Lipinski definition) is 4. The summed E-state index contributed by atoms with van der Waals surface area (Å²) < 4.78 is 77.5. The highest BCUT2D eigenvalue weighted by Gasteiger charge is 2.37. The number of pyridine rings is 1. The Hall–Kier alpha value is -4.06. The van der Waals surface area contributed by atoms with Gasteiger partial charge in [-0.15, -0.1) is 0 Å². The lowest BCUT2D eigenvalue weighted by Crippen LogP contribution is -2.41. The molecule has 0 spiro atoms. The van der Waals surface area contributed by atoms with E-state index in [1.165, 1.54) is 25.1 Å². The van der Waals surface area contributed by atoms with E-state index in [-0.39, 0.29) is 54.6 Å². The lowest BCUT2D eigenvalue weighted by molar-refractivity contribution is -0.139. The molecule has 4 rings (SSSR count). The topological polar surface area (TPSA) is 97.6 Å². The molecule has 0 radical (unpaired) electrons. The summed E-state index contributed by atoms with van der Waals surface area (Å²) in [6.45, 7) is 8.91. The van der Waals surface area contributed by atoms with Crippen molar-refractivity contribution in [1.29, 1.82) is 0 Å². The molecule has 1 saturated heterocycles. The fourth-order valence-corrected chi connectivity index (χ4v) is 6.01. The largest absolute Gasteiger partial charge is 0.481 e. The fraction of sp³-hybridized carbons (Fsp3) is 0.441. The predicted molar refractivity (Wildman–Crippen MR) is 161 cm³/mol. The second-order valence-electron chi connectivity index (χ2n) is 12.5. The minimum atomic E-state index is -4.80. The van der Waals surface area contributed by atoms with Crippen LogP contribution in [0.1, 0.15) is 72.2 Å². The predicted octanol–water partition coefficient (Wildman–Crippen LogP) is 6.85. The van der Waals surface area contributed by atoms with Gasteiger partial charge in [0, 0.05) is 23.7 Å². The summed E-state index contributed by atoms with van der Waals surface area (Å²) in [5.41, 5.74) is -0.0573. The van der Waals surface area contributed by atoms with Gasteiger partial charge in [-0.05, 0) is 97.2 Å². The molecule has 46 heavy (non-hydrogen) atoms. The van der Waals surface area contributed by atoms with Crippen molar-refractivity contribution in [3.05, 3.63) is 91.9 Å². The van der Waals surface area contributed by atoms with Crippen molar-refractivity contribution >= 4 is 11.9 Å². The van der Waals surface area contributed by atoms with Gasteiger partial charge in [0.25, 0.3) is 5.56 Å². The number of ether oxygens (including phenoxy) is 1. The van der Waals surface area contributed by atoms with Gasteiger partial charge in [-0.3, -0.25) is 14.4 Å². The van der Waals surface area contributed by atoms with E-state index in [1.54, 1.807) is 33.8 Å². The van der Waals surface area contributed by atoms with Crippen LogP contribution in [0.5, 0.6) is 0 Å². The van der Waals surface area contributed by atoms with Crippen molar-refractivity contribution in [3.63, 3.8) is 0 Å². The Bertz CT molecular complexity index is 1670. The first kappa shape index (κ1) is 34.8. The normalized spacial score (nSPS) is 15.0. The van der Waals surface area contributed by atoms with Crippen LogP contribution < -0.4 is 10.9 Å². The van der Waals surface area contributed by atoms with Gasteiger partial charge in [-0.25, -0.2) is 8.78 Å². The number of aryl methyl sites for hydroxylation is 3. The van der Waals surface area contributed by atoms with Crippen LogP contribution in [-0.2, 0) is 26.9 Å². The molecule has 0 saturated carbocycles. The maximum absolute atomic E-state index is 15.7. The minimum absolute atomic E-state index is 0.0215. The van der Waals surface area contributed by atoms with Gasteiger partial charge in [0.05, 0.1) is 31.2 Å². The van der Waals surface area contributed by atoms with E-state index in [0.717, 1.165) is 10.8 Å². The van der Waals surface area contributed by atoms with E-state index in [0.29, 0.717) is 28.3 Å². The molecule has 2 N–H and O–H groups in total. The van der Waals surface area contributed by atoms with Gasteiger partial charge < -0.3 is 19.7 Å². The van der Waals surface area contributed by atoms with Crippen LogP contribution in [0.4, 0.5) is 22.0 Å². The Morgan fingerprint density at radius 2 is 1.65 bits per heavy atom. The highest BCUT2D eigenvalue weighted by molar-refractivity contribution is 5.82. The van der Waals surface area contributed by atoms with E-state index in [1.807, 2.05) is 0 Å². The number of carboxylic acids is 1. The average Bonchev–Trinajstić information content (AvgIpc) is 2.90. The first-order valence-corrected chi connectivity index (χ1v) is 15.0. The van der Waals surface area contributed by atoms with Crippen LogP contribution in [0.15, 0.2) is 41.3 Å². The number of rotatable bonds is 11. The third-order valence-corrected chi connectivity index (χ3v) is 8.16. The number of benzene rings is 2. The highest BCUT2D eigenvalue weighted by Crippen LogP contribution is 2.36. The van der Waals surface area contributed by atoms with Crippen molar-refractivity contribution in [3.8, 4) is 11.1 Å². The third-order valence-electron chi connectivity index (χ3n) is 8.16. The first-order chi connectivity index (χ1) is 21.5. The van der Waals surface area contributed by atoms with Crippen molar-refractivity contribution < 1.29 is 41.4 Å². The zero-order valence-corrected chi connectivity index (χ0v) is 26.2. The molecule has 1 fully saturated rings. The molecular weight excluding hydrogens is 611 g/mol. The first-order valence-electron chi connectivity index (χ1n) is 15.0. The standard InChI is InChI=1S/C34H37F5N2O5/c1-17(2)6-28(41-14-23(10-21-15-46-16-21)26(12-29(41)42)34(37,38)39)33(45)40-27(13-30(43)44)25-11-22(7-20(5)32(25)36)31-18(3)8-24(35)9-19(31)4/h7-9,11-12,14,17,21,27-28H,6,10,13,15-16H2,1-5H3,(H,40,45)(H,43,44)/t27-,28-/m0/s1. The number of hydrogen-bond donors (Lipinski definition) is 2. The van der Waals surface area contributed by atoms with Crippen LogP contribution in [-0.4, -0.2) is 34.8 Å². The number of carboxylic acid groups (broad SMARTS) is 1. The quantitative estimate of drug-likeness (QED) is 0.222. The SMILES string of the molecule is Cc1cc(-c2c(C)cc(F)cc2C)cc([C@H](CC(=O)O)NC(=O)[C@H](CC(C)C)n2cc(CC3COC3)c(C(F)(F)F)cc2=O)c1F. The van der Waals surface area contributed by atoms with Gasteiger partial charge in [-0.2, -0.15) is 13.2 Å². The number of aromatic nitrogens is 1. The molecule has 1 amide bonds. The number of carbonyl (C=O) groups excluding carboxylic acids is 1. The summed E-state index contributed by atoms with van der Waals surface area (Å²) >= 11 is 0. The molecule has 0 bridgehead atoms. The van der Waals surface area contributed by atoms with E-state index in [4.69, 9.17) is 4.74 Å². The van der Waals surface area contributed by atoms with Crippen molar-refractivity contribution in [2.75, 3.05) is 13.2 Å². The lowest BCUT2D eigenvalue weighted by Gasteiger charge is -2.29. The highest BCUT2D eigenvalue weighted by atomic mass is 19.4. The number of aliphatic carboxylic acids is 1. The third kappa shape index (κ3) is 7.83. The summed E-state index contributed by atoms with van der Waals surface area (Å²) in [5.74, 6) is -3.80. The summed E-state index contributed by atoms with van der Waals surface area (Å²) in [6.07, 6.45) is -4.48. The Morgan fingerprint density at radius 3 is 2.17 bits per heavy atom. The Kier molecular flexibility index (Phi) is 10.4. The molecule has 1 aliphatic heterocycles. The number of alkyl halides is 3. The molecule has 2 aromatic carbocycles. The van der Waals surface area contributed by atoms with E-state index >= 15 is 4.39 Å². The molecule has 2 atom stereocenters. The van der Waals surface area contributed by atoms with Crippen LogP contribution in [0, 0.1) is 44.2 Å². The van der Waals surface area contributed by atoms with Crippen LogP contribution in [0.2, 0.25) is 0 Å². The summed E-state index contributed by atoms with van der Waals surface area (Å²) in [7, 11) is 0. The maximum atomic E-state index is 15.7. The monoisotopic (exact) mass is 648 g/mol. The fourth-order valence-electron chi connectivity index (χ4n) is 6.01. The zero-order valence-electron chi connectivity index (χ0n) is 26.2. The molecule has 1 aromatic heterocycles. The second-order valence-corrected chi connectivity index (χ2v) is 12.5. The number of nitrogens with one attached hydrogen (secondary N) is 1. The van der Waals surface area contributed by atoms with E-state index < -0.39 is 59.3 Å². The Morgan fingerprint density at radius 1 is 1.02 bits per heavy atom. The van der Waals surface area contributed by atoms with Gasteiger partial charge in [-0.1, -0.05) is 13.8 Å². The Balaban J connectivity index is 1.79. The van der Waals surface area contributed by atoms with Gasteiger partial charge in [0.1, 0.15) is 17.7 Å². The molecule has 3 aromatic rings. The minimum Gasteiger partial charge on any atom is -0.481 e. The molecule has 0 unspecified atom stereocenters. The van der Waals surface area contributed by atoms with Crippen molar-refractivity contribution in [1.82, 2.24) is 9.88 Å². The summed E-state index contributed by atoms with van der Waals surface area (Å²) in [5, 5.41) is 12.3. The van der Waals surface area contributed by atoms with Gasteiger partial charge >= 0.3 is 12.1 Å². The lowest BCUT2D eigenvalue weighted by atomic mass is 9.90. The van der Waals surface area contributed by atoms with E-state index in [2.05, 4.69) is 5.32 Å². The Labute approximate surface area is 263 Å². The van der Waals surface area contributed by atoms with Crippen molar-refractivity contribution in [2.45, 2.75) is 72.1 Å². The number of carbonyl (C=O) groups is 2. The average molecular weight is 649 g/mol. The van der Waals surface area contributed by atoms with Crippen molar-refractivity contribution in [2.24, 2.45) is 11.8 Å². The smallest absolute Gasteiger partial charge is 0.416 e. The van der Waals surface area contributed by atoms with Gasteiger partial charge in [0.2, 0.25) is 5.91 Å². The van der Waals surface area contributed by atoms with Gasteiger partial charge in [0.15, 0.2) is 0 Å². The molecule has 7 nitrogen and oxygen atoms in total. The molecule has 2 heterocycles. The molecular formula is C34H37F5N2O5.